The molecule has 1 aliphatic carbocycles. The normalized spacial score (nSPS) is 36.1. The molecule has 0 aromatic carbocycles. The zero-order valence-electron chi connectivity index (χ0n) is 9.21. The van der Waals surface area contributed by atoms with E-state index in [1.807, 2.05) is 0 Å². The van der Waals surface area contributed by atoms with Crippen LogP contribution in [0.3, 0.4) is 0 Å². The Morgan fingerprint density at radius 3 is 2.57 bits per heavy atom. The Kier molecular flexibility index (Phi) is 3.46. The highest BCUT2D eigenvalue weighted by molar-refractivity contribution is 7.78. The van der Waals surface area contributed by atoms with Gasteiger partial charge in [0, 0.05) is 0 Å². The lowest BCUT2D eigenvalue weighted by Gasteiger charge is -2.44. The number of aliphatic hydroxyl groups excluding tert-OH is 1. The fourth-order valence-electron chi connectivity index (χ4n) is 2.92. The summed E-state index contributed by atoms with van der Waals surface area (Å²) >= 11 is 4.58. The number of aliphatic imine (C=N–C) groups is 1. The van der Waals surface area contributed by atoms with E-state index in [2.05, 4.69) is 43.1 Å². The third-order valence-electron chi connectivity index (χ3n) is 2.95. The van der Waals surface area contributed by atoms with E-state index in [1.54, 1.807) is 0 Å². The van der Waals surface area contributed by atoms with E-state index >= 15 is 0 Å². The van der Waals surface area contributed by atoms with Gasteiger partial charge in [-0.3, -0.25) is 0 Å². The Labute approximate surface area is 91.4 Å². The summed E-state index contributed by atoms with van der Waals surface area (Å²) in [6, 6.07) is 0. The number of hydrogen-bond acceptors (Lipinski definition) is 3. The molecule has 1 saturated carbocycles. The van der Waals surface area contributed by atoms with Gasteiger partial charge >= 0.3 is 0 Å². The van der Waals surface area contributed by atoms with Gasteiger partial charge in [-0.05, 0) is 42.3 Å². The van der Waals surface area contributed by atoms with Crippen LogP contribution in [0.2, 0.25) is 0 Å². The van der Waals surface area contributed by atoms with Crippen molar-refractivity contribution in [3.05, 3.63) is 0 Å². The Hall–Kier alpha value is -0.240. The second-order valence-electron chi connectivity index (χ2n) is 5.62. The van der Waals surface area contributed by atoms with Crippen LogP contribution in [0.15, 0.2) is 4.99 Å². The molecule has 2 atom stereocenters. The van der Waals surface area contributed by atoms with E-state index in [-0.39, 0.29) is 16.9 Å². The minimum absolute atomic E-state index is 0.0903. The van der Waals surface area contributed by atoms with Crippen molar-refractivity contribution >= 4 is 17.4 Å². The first-order chi connectivity index (χ1) is 6.37. The van der Waals surface area contributed by atoms with Gasteiger partial charge in [-0.25, -0.2) is 4.99 Å². The maximum absolute atomic E-state index is 9.79. The van der Waals surface area contributed by atoms with Crippen LogP contribution in [0, 0.1) is 10.8 Å². The molecule has 0 amide bonds. The molecule has 0 bridgehead atoms. The minimum atomic E-state index is -0.191. The largest absolute Gasteiger partial charge is 0.393 e. The summed E-state index contributed by atoms with van der Waals surface area (Å²) in [4.78, 5) is 4.02. The van der Waals surface area contributed by atoms with Gasteiger partial charge in [0.2, 0.25) is 0 Å². The highest BCUT2D eigenvalue weighted by atomic mass is 32.1. The van der Waals surface area contributed by atoms with Gasteiger partial charge in [-0.2, -0.15) is 0 Å². The van der Waals surface area contributed by atoms with Crippen molar-refractivity contribution in [3.8, 4) is 0 Å². The Morgan fingerprint density at radius 2 is 2.07 bits per heavy atom. The molecule has 2 unspecified atom stereocenters. The molecular formula is C11H19NOS. The lowest BCUT2D eigenvalue weighted by Crippen LogP contribution is -2.39. The van der Waals surface area contributed by atoms with Crippen molar-refractivity contribution in [2.45, 2.75) is 46.1 Å². The maximum Gasteiger partial charge on any atom is 0.0585 e. The molecule has 1 fully saturated rings. The smallest absolute Gasteiger partial charge is 0.0585 e. The third-order valence-corrected chi connectivity index (χ3v) is 3.08. The van der Waals surface area contributed by atoms with E-state index in [4.69, 9.17) is 0 Å². The van der Waals surface area contributed by atoms with Gasteiger partial charge in [0.15, 0.2) is 0 Å². The van der Waals surface area contributed by atoms with E-state index in [0.717, 1.165) is 19.3 Å². The standard InChI is InChI=1S/C11H19NOS/c1-10(2)4-9(13)5-11(3,6-10)7-12-8-14/h9,13H,4-7H2,1-3H3. The molecule has 2 nitrogen and oxygen atoms in total. The highest BCUT2D eigenvalue weighted by Gasteiger charge is 2.40. The van der Waals surface area contributed by atoms with Crippen LogP contribution in [-0.2, 0) is 0 Å². The molecule has 0 radical (unpaired) electrons. The second-order valence-corrected chi connectivity index (χ2v) is 5.80. The number of hydrogen-bond donors (Lipinski definition) is 1. The molecule has 1 aliphatic rings. The molecule has 0 aliphatic heterocycles. The van der Waals surface area contributed by atoms with Crippen molar-refractivity contribution in [3.63, 3.8) is 0 Å². The Bertz CT molecular complexity index is 258. The van der Waals surface area contributed by atoms with Crippen LogP contribution in [0.25, 0.3) is 0 Å². The molecule has 14 heavy (non-hydrogen) atoms. The van der Waals surface area contributed by atoms with Crippen LogP contribution in [0.4, 0.5) is 0 Å². The first kappa shape index (κ1) is 11.8. The van der Waals surface area contributed by atoms with Crippen molar-refractivity contribution in [2.75, 3.05) is 6.54 Å². The number of aliphatic hydroxyl groups is 1. The maximum atomic E-state index is 9.79. The average molecular weight is 213 g/mol. The van der Waals surface area contributed by atoms with Crippen molar-refractivity contribution in [2.24, 2.45) is 15.8 Å². The Morgan fingerprint density at radius 1 is 1.43 bits per heavy atom. The zero-order chi connectivity index (χ0) is 10.8. The first-order valence-corrected chi connectivity index (χ1v) is 5.49. The lowest BCUT2D eigenvalue weighted by molar-refractivity contribution is -0.00469. The van der Waals surface area contributed by atoms with E-state index < -0.39 is 0 Å². The van der Waals surface area contributed by atoms with Gasteiger partial charge in [0.1, 0.15) is 0 Å². The molecule has 3 heteroatoms. The molecule has 0 heterocycles. The van der Waals surface area contributed by atoms with Gasteiger partial charge < -0.3 is 5.11 Å². The molecule has 80 valence electrons. The van der Waals surface area contributed by atoms with Crippen molar-refractivity contribution < 1.29 is 5.11 Å². The fraction of sp³-hybridized carbons (Fsp3) is 0.909. The van der Waals surface area contributed by atoms with Crippen LogP contribution < -0.4 is 0 Å². The van der Waals surface area contributed by atoms with Gasteiger partial charge in [0.25, 0.3) is 0 Å². The van der Waals surface area contributed by atoms with E-state index in [0.29, 0.717) is 6.54 Å². The molecule has 1 N–H and O–H groups in total. The monoisotopic (exact) mass is 213 g/mol. The number of rotatable bonds is 2. The summed E-state index contributed by atoms with van der Waals surface area (Å²) in [6.07, 6.45) is 2.63. The summed E-state index contributed by atoms with van der Waals surface area (Å²) in [6.45, 7) is 7.27. The predicted octanol–water partition coefficient (Wildman–Crippen LogP) is 2.67. The predicted molar refractivity (Wildman–Crippen MR) is 61.6 cm³/mol. The van der Waals surface area contributed by atoms with Gasteiger partial charge in [-0.1, -0.05) is 20.8 Å². The molecular weight excluding hydrogens is 194 g/mol. The quantitative estimate of drug-likeness (QED) is 0.565. The topological polar surface area (TPSA) is 32.6 Å². The lowest BCUT2D eigenvalue weighted by atomic mass is 9.63. The molecule has 1 rings (SSSR count). The number of isothiocyanates is 1. The number of thiocarbonyl (C=S) groups is 1. The van der Waals surface area contributed by atoms with E-state index in [9.17, 15) is 5.11 Å². The summed E-state index contributed by atoms with van der Waals surface area (Å²) in [5, 5.41) is 12.2. The molecule has 0 aromatic heterocycles. The summed E-state index contributed by atoms with van der Waals surface area (Å²) in [7, 11) is 0. The minimum Gasteiger partial charge on any atom is -0.393 e. The van der Waals surface area contributed by atoms with Crippen LogP contribution in [0.1, 0.15) is 40.0 Å². The fourth-order valence-corrected chi connectivity index (χ4v) is 2.99. The molecule has 0 aromatic rings. The summed E-state index contributed by atoms with van der Waals surface area (Å²) < 4.78 is 0. The van der Waals surface area contributed by atoms with Crippen LogP contribution in [0.5, 0.6) is 0 Å². The van der Waals surface area contributed by atoms with Crippen molar-refractivity contribution in [1.82, 2.24) is 0 Å². The zero-order valence-corrected chi connectivity index (χ0v) is 10.0. The molecule has 0 spiro atoms. The Balaban J connectivity index is 2.73. The third kappa shape index (κ3) is 3.16. The number of nitrogens with zero attached hydrogens (tertiary/aromatic N) is 1. The summed E-state index contributed by atoms with van der Waals surface area (Å²) in [5.41, 5.74) is 0.302. The van der Waals surface area contributed by atoms with Gasteiger partial charge in [-0.15, -0.1) is 0 Å². The highest BCUT2D eigenvalue weighted by Crippen LogP contribution is 2.46. The second kappa shape index (κ2) is 4.09. The summed E-state index contributed by atoms with van der Waals surface area (Å²) in [5.74, 6) is 0. The van der Waals surface area contributed by atoms with Crippen LogP contribution >= 0.6 is 12.2 Å². The SMILES string of the molecule is CC1(C)CC(O)CC(C)(CN=C=S)C1. The van der Waals surface area contributed by atoms with Gasteiger partial charge in [0.05, 0.1) is 17.8 Å². The first-order valence-electron chi connectivity index (χ1n) is 5.09. The average Bonchev–Trinajstić information content (AvgIpc) is 1.96. The van der Waals surface area contributed by atoms with E-state index in [1.165, 1.54) is 0 Å². The van der Waals surface area contributed by atoms with Crippen LogP contribution in [-0.4, -0.2) is 22.9 Å². The molecule has 0 saturated heterocycles. The van der Waals surface area contributed by atoms with Crippen molar-refractivity contribution in [1.29, 1.82) is 0 Å².